The lowest BCUT2D eigenvalue weighted by molar-refractivity contribution is -0.119. The van der Waals surface area contributed by atoms with Crippen LogP contribution < -0.4 is 0 Å². The van der Waals surface area contributed by atoms with E-state index in [0.29, 0.717) is 11.9 Å². The van der Waals surface area contributed by atoms with Gasteiger partial charge in [0.05, 0.1) is 12.7 Å². The van der Waals surface area contributed by atoms with Crippen LogP contribution in [0.5, 0.6) is 0 Å². The first-order chi connectivity index (χ1) is 4.83. The number of rotatable bonds is 5. The van der Waals surface area contributed by atoms with Crippen LogP contribution in [0.2, 0.25) is 0 Å². The maximum atomic E-state index is 10.9. The van der Waals surface area contributed by atoms with Crippen molar-refractivity contribution in [2.24, 2.45) is 0 Å². The molecular weight excluding hydrogens is 128 g/mol. The van der Waals surface area contributed by atoms with E-state index in [-0.39, 0.29) is 0 Å². The van der Waals surface area contributed by atoms with Crippen LogP contribution >= 0.6 is 0 Å². The predicted octanol–water partition coefficient (Wildman–Crippen LogP) is 1.53. The fourth-order valence-corrected chi connectivity index (χ4v) is 0.961. The average molecular weight is 142 g/mol. The Morgan fingerprint density at radius 1 is 1.60 bits per heavy atom. The van der Waals surface area contributed by atoms with Gasteiger partial charge in [0.1, 0.15) is 5.78 Å². The summed E-state index contributed by atoms with van der Waals surface area (Å²) in [5, 5.41) is 0. The van der Waals surface area contributed by atoms with Crippen LogP contribution in [-0.4, -0.2) is 18.5 Å². The molecule has 1 rings (SSSR count). The lowest BCUT2D eigenvalue weighted by Gasteiger charge is -1.94. The van der Waals surface area contributed by atoms with Gasteiger partial charge in [-0.2, -0.15) is 0 Å². The van der Waals surface area contributed by atoms with Crippen molar-refractivity contribution < 1.29 is 9.53 Å². The van der Waals surface area contributed by atoms with E-state index < -0.39 is 0 Å². The van der Waals surface area contributed by atoms with Crippen LogP contribution in [0.1, 0.15) is 32.6 Å². The van der Waals surface area contributed by atoms with Crippen molar-refractivity contribution in [2.45, 2.75) is 38.7 Å². The molecule has 1 fully saturated rings. The Morgan fingerprint density at radius 2 is 2.30 bits per heavy atom. The number of Topliss-reactive ketones (excluding diaryl/α,β-unsaturated/α-hetero) is 1. The molecule has 2 nitrogen and oxygen atoms in total. The summed E-state index contributed by atoms with van der Waals surface area (Å²) >= 11 is 0. The second-order valence-corrected chi connectivity index (χ2v) is 2.78. The molecule has 10 heavy (non-hydrogen) atoms. The van der Waals surface area contributed by atoms with Gasteiger partial charge in [-0.1, -0.05) is 6.92 Å². The third-order valence-corrected chi connectivity index (χ3v) is 1.68. The number of carbonyl (C=O) groups is 1. The van der Waals surface area contributed by atoms with Crippen molar-refractivity contribution in [3.8, 4) is 0 Å². The zero-order chi connectivity index (χ0) is 7.40. The molecule has 0 aliphatic carbocycles. The quantitative estimate of drug-likeness (QED) is 0.545. The summed E-state index contributed by atoms with van der Waals surface area (Å²) < 4.78 is 4.98. The minimum Gasteiger partial charge on any atom is -0.373 e. The normalized spacial score (nSPS) is 22.7. The fraction of sp³-hybridized carbons (Fsp3) is 0.875. The SMILES string of the molecule is CCCC(=O)CC[C@@H]1CO1. The van der Waals surface area contributed by atoms with E-state index in [9.17, 15) is 4.79 Å². The molecule has 0 bridgehead atoms. The van der Waals surface area contributed by atoms with E-state index in [0.717, 1.165) is 32.3 Å². The lowest BCUT2D eigenvalue weighted by atomic mass is 10.1. The molecule has 0 N–H and O–H groups in total. The minimum atomic E-state index is 0.387. The standard InChI is InChI=1S/C8H14O2/c1-2-3-7(9)4-5-8-6-10-8/h8H,2-6H2,1H3/t8-/m1/s1. The highest BCUT2D eigenvalue weighted by Gasteiger charge is 2.22. The molecule has 0 spiro atoms. The lowest BCUT2D eigenvalue weighted by Crippen LogP contribution is -1.98. The third-order valence-electron chi connectivity index (χ3n) is 1.68. The smallest absolute Gasteiger partial charge is 0.133 e. The van der Waals surface area contributed by atoms with E-state index >= 15 is 0 Å². The van der Waals surface area contributed by atoms with Crippen molar-refractivity contribution in [3.05, 3.63) is 0 Å². The number of ether oxygens (including phenoxy) is 1. The summed E-state index contributed by atoms with van der Waals surface area (Å²) in [5.74, 6) is 0.387. The van der Waals surface area contributed by atoms with Crippen LogP contribution in [0.25, 0.3) is 0 Å². The molecule has 0 unspecified atom stereocenters. The highest BCUT2D eigenvalue weighted by atomic mass is 16.6. The van der Waals surface area contributed by atoms with E-state index in [1.165, 1.54) is 0 Å². The second kappa shape index (κ2) is 3.71. The number of epoxide rings is 1. The Bertz CT molecular complexity index is 116. The maximum Gasteiger partial charge on any atom is 0.133 e. The zero-order valence-corrected chi connectivity index (χ0v) is 6.43. The van der Waals surface area contributed by atoms with Crippen molar-refractivity contribution in [1.82, 2.24) is 0 Å². The largest absolute Gasteiger partial charge is 0.373 e. The first kappa shape index (κ1) is 7.73. The first-order valence-electron chi connectivity index (χ1n) is 3.96. The van der Waals surface area contributed by atoms with Gasteiger partial charge in [-0.05, 0) is 12.8 Å². The molecule has 1 heterocycles. The number of ketones is 1. The molecular formula is C8H14O2. The number of hydrogen-bond acceptors (Lipinski definition) is 2. The van der Waals surface area contributed by atoms with Gasteiger partial charge in [0.15, 0.2) is 0 Å². The highest BCUT2D eigenvalue weighted by Crippen LogP contribution is 2.15. The number of carbonyl (C=O) groups excluding carboxylic acids is 1. The molecule has 1 aliphatic heterocycles. The van der Waals surface area contributed by atoms with E-state index in [1.807, 2.05) is 6.92 Å². The summed E-state index contributed by atoms with van der Waals surface area (Å²) in [6.45, 7) is 2.91. The summed E-state index contributed by atoms with van der Waals surface area (Å²) in [5.41, 5.74) is 0. The molecule has 1 aliphatic rings. The average Bonchev–Trinajstić information content (AvgIpc) is 2.67. The summed E-state index contributed by atoms with van der Waals surface area (Å²) in [4.78, 5) is 10.9. The Balaban J connectivity index is 1.94. The monoisotopic (exact) mass is 142 g/mol. The molecule has 1 atom stereocenters. The summed E-state index contributed by atoms with van der Waals surface area (Å²) in [6, 6.07) is 0. The summed E-state index contributed by atoms with van der Waals surface area (Å²) in [6.07, 6.45) is 3.80. The highest BCUT2D eigenvalue weighted by molar-refractivity contribution is 5.78. The Kier molecular flexibility index (Phi) is 2.87. The third kappa shape index (κ3) is 2.97. The fourth-order valence-electron chi connectivity index (χ4n) is 0.961. The van der Waals surface area contributed by atoms with Crippen LogP contribution in [0.3, 0.4) is 0 Å². The molecule has 0 aromatic rings. The molecule has 0 amide bonds. The second-order valence-electron chi connectivity index (χ2n) is 2.78. The van der Waals surface area contributed by atoms with E-state index in [1.54, 1.807) is 0 Å². The van der Waals surface area contributed by atoms with Gasteiger partial charge in [0.25, 0.3) is 0 Å². The van der Waals surface area contributed by atoms with Crippen LogP contribution in [-0.2, 0) is 9.53 Å². The molecule has 58 valence electrons. The van der Waals surface area contributed by atoms with Gasteiger partial charge in [-0.25, -0.2) is 0 Å². The van der Waals surface area contributed by atoms with Crippen molar-refractivity contribution in [2.75, 3.05) is 6.61 Å². The Hall–Kier alpha value is -0.370. The molecule has 0 saturated carbocycles. The van der Waals surface area contributed by atoms with Gasteiger partial charge in [-0.15, -0.1) is 0 Å². The predicted molar refractivity (Wildman–Crippen MR) is 38.9 cm³/mol. The molecule has 0 aromatic heterocycles. The van der Waals surface area contributed by atoms with Crippen molar-refractivity contribution in [3.63, 3.8) is 0 Å². The van der Waals surface area contributed by atoms with Gasteiger partial charge in [0, 0.05) is 12.8 Å². The van der Waals surface area contributed by atoms with E-state index in [2.05, 4.69) is 0 Å². The van der Waals surface area contributed by atoms with Gasteiger partial charge < -0.3 is 4.74 Å². The maximum absolute atomic E-state index is 10.9. The number of hydrogen-bond donors (Lipinski definition) is 0. The van der Waals surface area contributed by atoms with Crippen molar-refractivity contribution >= 4 is 5.78 Å². The minimum absolute atomic E-state index is 0.387. The topological polar surface area (TPSA) is 29.6 Å². The molecule has 0 radical (unpaired) electrons. The summed E-state index contributed by atoms with van der Waals surface area (Å²) in [7, 11) is 0. The van der Waals surface area contributed by atoms with Crippen LogP contribution in [0.4, 0.5) is 0 Å². The Morgan fingerprint density at radius 3 is 2.80 bits per heavy atom. The van der Waals surface area contributed by atoms with Gasteiger partial charge >= 0.3 is 0 Å². The van der Waals surface area contributed by atoms with Crippen LogP contribution in [0, 0.1) is 0 Å². The van der Waals surface area contributed by atoms with Crippen LogP contribution in [0.15, 0.2) is 0 Å². The molecule has 1 saturated heterocycles. The zero-order valence-electron chi connectivity index (χ0n) is 6.43. The van der Waals surface area contributed by atoms with Gasteiger partial charge in [-0.3, -0.25) is 4.79 Å². The first-order valence-corrected chi connectivity index (χ1v) is 3.96. The van der Waals surface area contributed by atoms with Gasteiger partial charge in [0.2, 0.25) is 0 Å². The molecule has 2 heteroatoms. The van der Waals surface area contributed by atoms with E-state index in [4.69, 9.17) is 4.74 Å². The Labute approximate surface area is 61.6 Å². The van der Waals surface area contributed by atoms with Crippen molar-refractivity contribution in [1.29, 1.82) is 0 Å². The molecule has 0 aromatic carbocycles.